The summed E-state index contributed by atoms with van der Waals surface area (Å²) in [5, 5.41) is 24.1. The van der Waals surface area contributed by atoms with E-state index in [1.807, 2.05) is 44.2 Å². The van der Waals surface area contributed by atoms with Crippen LogP contribution in [-0.4, -0.2) is 20.0 Å². The highest BCUT2D eigenvalue weighted by molar-refractivity contribution is 5.60. The molecule has 18 heavy (non-hydrogen) atoms. The number of benzene rings is 1. The maximum absolute atomic E-state index is 9.96. The Morgan fingerprint density at radius 2 is 1.78 bits per heavy atom. The summed E-state index contributed by atoms with van der Waals surface area (Å²) in [6.45, 7) is 5.55. The molecular weight excluding hydrogens is 228 g/mol. The summed E-state index contributed by atoms with van der Waals surface area (Å²) >= 11 is 0. The number of hydrogen-bond donors (Lipinski definition) is 2. The molecule has 0 amide bonds. The van der Waals surface area contributed by atoms with Gasteiger partial charge in [0.2, 0.25) is 0 Å². The molecule has 96 valence electrons. The van der Waals surface area contributed by atoms with E-state index in [1.54, 1.807) is 6.92 Å². The van der Waals surface area contributed by atoms with Gasteiger partial charge in [-0.3, -0.25) is 0 Å². The number of aryl methyl sites for hydroxylation is 2. The molecule has 0 aliphatic carbocycles. The van der Waals surface area contributed by atoms with Crippen molar-refractivity contribution in [1.29, 1.82) is 0 Å². The predicted octanol–water partition coefficient (Wildman–Crippen LogP) is 2.17. The fourth-order valence-electron chi connectivity index (χ4n) is 1.85. The molecule has 0 aliphatic heterocycles. The van der Waals surface area contributed by atoms with Gasteiger partial charge in [0, 0.05) is 12.0 Å². The van der Waals surface area contributed by atoms with E-state index in [4.69, 9.17) is 0 Å². The zero-order valence-electron chi connectivity index (χ0n) is 10.9. The minimum atomic E-state index is -1.95. The van der Waals surface area contributed by atoms with E-state index in [-0.39, 0.29) is 6.42 Å². The molecule has 0 saturated heterocycles. The molecule has 2 N–H and O–H groups in total. The molecule has 0 saturated carbocycles. The van der Waals surface area contributed by atoms with Crippen molar-refractivity contribution in [2.45, 2.75) is 33.1 Å². The SMILES string of the molecule is CCC(O)(O)n1nc(C)cc1-c1ccc(C)cc1. The van der Waals surface area contributed by atoms with Crippen molar-refractivity contribution in [2.75, 3.05) is 0 Å². The third-order valence-corrected chi connectivity index (χ3v) is 2.99. The Balaban J connectivity index is 2.54. The van der Waals surface area contributed by atoms with Crippen LogP contribution in [0.4, 0.5) is 0 Å². The van der Waals surface area contributed by atoms with Crippen molar-refractivity contribution in [1.82, 2.24) is 9.78 Å². The Morgan fingerprint density at radius 3 is 2.33 bits per heavy atom. The number of aliphatic hydroxyl groups is 2. The van der Waals surface area contributed by atoms with Gasteiger partial charge in [0.1, 0.15) is 0 Å². The molecule has 4 nitrogen and oxygen atoms in total. The average molecular weight is 246 g/mol. The normalized spacial score (nSPS) is 11.8. The lowest BCUT2D eigenvalue weighted by atomic mass is 10.1. The van der Waals surface area contributed by atoms with Crippen LogP contribution >= 0.6 is 0 Å². The Bertz CT molecular complexity index is 541. The quantitative estimate of drug-likeness (QED) is 0.816. The number of hydrogen-bond acceptors (Lipinski definition) is 3. The lowest BCUT2D eigenvalue weighted by Crippen LogP contribution is -2.33. The molecule has 0 spiro atoms. The lowest BCUT2D eigenvalue weighted by molar-refractivity contribution is -0.236. The van der Waals surface area contributed by atoms with Crippen LogP contribution in [0, 0.1) is 13.8 Å². The smallest absolute Gasteiger partial charge is 0.265 e. The van der Waals surface area contributed by atoms with E-state index in [0.29, 0.717) is 5.69 Å². The fraction of sp³-hybridized carbons (Fsp3) is 0.357. The molecule has 4 heteroatoms. The van der Waals surface area contributed by atoms with E-state index in [0.717, 1.165) is 16.8 Å². The Morgan fingerprint density at radius 1 is 1.17 bits per heavy atom. The molecular formula is C14H18N2O2. The van der Waals surface area contributed by atoms with E-state index >= 15 is 0 Å². The average Bonchev–Trinajstić information content (AvgIpc) is 2.73. The van der Waals surface area contributed by atoms with Gasteiger partial charge >= 0.3 is 0 Å². The van der Waals surface area contributed by atoms with Gasteiger partial charge in [-0.2, -0.15) is 5.10 Å². The first-order chi connectivity index (χ1) is 8.44. The van der Waals surface area contributed by atoms with Crippen molar-refractivity contribution in [3.05, 3.63) is 41.6 Å². The van der Waals surface area contributed by atoms with Crippen LogP contribution in [0.25, 0.3) is 11.3 Å². The van der Waals surface area contributed by atoms with Crippen LogP contribution < -0.4 is 0 Å². The third-order valence-electron chi connectivity index (χ3n) is 2.99. The molecule has 0 atom stereocenters. The predicted molar refractivity (Wildman–Crippen MR) is 69.8 cm³/mol. The van der Waals surface area contributed by atoms with Crippen molar-refractivity contribution >= 4 is 0 Å². The van der Waals surface area contributed by atoms with Crippen molar-refractivity contribution in [3.63, 3.8) is 0 Å². The molecule has 0 aliphatic rings. The van der Waals surface area contributed by atoms with Crippen LogP contribution in [0.1, 0.15) is 24.6 Å². The fourth-order valence-corrected chi connectivity index (χ4v) is 1.85. The van der Waals surface area contributed by atoms with E-state index in [2.05, 4.69) is 5.10 Å². The summed E-state index contributed by atoms with van der Waals surface area (Å²) in [6.07, 6.45) is 0.174. The van der Waals surface area contributed by atoms with Crippen LogP contribution in [0.5, 0.6) is 0 Å². The van der Waals surface area contributed by atoms with E-state index < -0.39 is 5.91 Å². The van der Waals surface area contributed by atoms with Gasteiger partial charge in [0.15, 0.2) is 0 Å². The largest absolute Gasteiger partial charge is 0.347 e. The molecule has 2 rings (SSSR count). The second kappa shape index (κ2) is 4.55. The van der Waals surface area contributed by atoms with Gasteiger partial charge in [0.05, 0.1) is 11.4 Å². The topological polar surface area (TPSA) is 58.3 Å². The van der Waals surface area contributed by atoms with Crippen LogP contribution in [-0.2, 0) is 5.91 Å². The van der Waals surface area contributed by atoms with Crippen LogP contribution in [0.2, 0.25) is 0 Å². The first kappa shape index (κ1) is 12.8. The minimum Gasteiger partial charge on any atom is -0.347 e. The van der Waals surface area contributed by atoms with Crippen molar-refractivity contribution in [2.24, 2.45) is 0 Å². The van der Waals surface area contributed by atoms with Gasteiger partial charge in [-0.1, -0.05) is 36.8 Å². The molecule has 0 fully saturated rings. The number of nitrogens with zero attached hydrogens (tertiary/aromatic N) is 2. The summed E-state index contributed by atoms with van der Waals surface area (Å²) in [5.41, 5.74) is 3.55. The first-order valence-electron chi connectivity index (χ1n) is 6.03. The summed E-state index contributed by atoms with van der Waals surface area (Å²) < 4.78 is 1.27. The zero-order valence-corrected chi connectivity index (χ0v) is 10.9. The first-order valence-corrected chi connectivity index (χ1v) is 6.03. The molecule has 2 aromatic rings. The zero-order chi connectivity index (χ0) is 13.3. The molecule has 0 bridgehead atoms. The highest BCUT2D eigenvalue weighted by Gasteiger charge is 2.27. The Kier molecular flexibility index (Phi) is 3.24. The van der Waals surface area contributed by atoms with E-state index in [1.165, 1.54) is 4.68 Å². The third kappa shape index (κ3) is 2.30. The molecule has 1 aromatic heterocycles. The summed E-state index contributed by atoms with van der Waals surface area (Å²) in [6, 6.07) is 9.73. The van der Waals surface area contributed by atoms with Gasteiger partial charge in [-0.15, -0.1) is 0 Å². The second-order valence-corrected chi connectivity index (χ2v) is 4.58. The van der Waals surface area contributed by atoms with Crippen LogP contribution in [0.15, 0.2) is 30.3 Å². The maximum Gasteiger partial charge on any atom is 0.265 e. The van der Waals surface area contributed by atoms with Gasteiger partial charge in [-0.05, 0) is 19.9 Å². The summed E-state index contributed by atoms with van der Waals surface area (Å²) in [5.74, 6) is -1.95. The Hall–Kier alpha value is -1.65. The molecule has 0 radical (unpaired) electrons. The minimum absolute atomic E-state index is 0.174. The van der Waals surface area contributed by atoms with Gasteiger partial charge in [-0.25, -0.2) is 4.68 Å². The highest BCUT2D eigenvalue weighted by atomic mass is 16.5. The molecule has 0 unspecified atom stereocenters. The number of aromatic nitrogens is 2. The lowest BCUT2D eigenvalue weighted by Gasteiger charge is -2.22. The summed E-state index contributed by atoms with van der Waals surface area (Å²) in [7, 11) is 0. The van der Waals surface area contributed by atoms with Crippen molar-refractivity contribution < 1.29 is 10.2 Å². The van der Waals surface area contributed by atoms with E-state index in [9.17, 15) is 10.2 Å². The van der Waals surface area contributed by atoms with Gasteiger partial charge in [0.25, 0.3) is 5.91 Å². The monoisotopic (exact) mass is 246 g/mol. The second-order valence-electron chi connectivity index (χ2n) is 4.58. The van der Waals surface area contributed by atoms with Gasteiger partial charge < -0.3 is 10.2 Å². The molecule has 1 heterocycles. The standard InChI is InChI=1S/C14H18N2O2/c1-4-14(17,18)16-13(9-11(3)15-16)12-7-5-10(2)6-8-12/h5-9,17-18H,4H2,1-3H3. The Labute approximate surface area is 107 Å². The molecule has 1 aromatic carbocycles. The maximum atomic E-state index is 9.96. The van der Waals surface area contributed by atoms with Crippen LogP contribution in [0.3, 0.4) is 0 Å². The highest BCUT2D eigenvalue weighted by Crippen LogP contribution is 2.26. The summed E-state index contributed by atoms with van der Waals surface area (Å²) in [4.78, 5) is 0. The number of rotatable bonds is 3. The van der Waals surface area contributed by atoms with Crippen molar-refractivity contribution in [3.8, 4) is 11.3 Å².